The Labute approximate surface area is 131 Å². The summed E-state index contributed by atoms with van der Waals surface area (Å²) in [7, 11) is 0. The zero-order chi connectivity index (χ0) is 15.1. The largest absolute Gasteiger partial charge is 0.314 e. The van der Waals surface area contributed by atoms with Gasteiger partial charge in [0.1, 0.15) is 0 Å². The van der Waals surface area contributed by atoms with Crippen LogP contribution in [0.4, 0.5) is 0 Å². The number of aryl methyl sites for hydroxylation is 2. The van der Waals surface area contributed by atoms with Gasteiger partial charge in [0.15, 0.2) is 0 Å². The second kappa shape index (κ2) is 8.58. The maximum atomic E-state index is 3.77. The highest BCUT2D eigenvalue weighted by Gasteiger charge is 2.20. The minimum absolute atomic E-state index is 0.648. The van der Waals surface area contributed by atoms with Crippen LogP contribution in [0.2, 0.25) is 0 Å². The van der Waals surface area contributed by atoms with Gasteiger partial charge in [-0.05, 0) is 67.7 Å². The summed E-state index contributed by atoms with van der Waals surface area (Å²) in [6.45, 7) is 7.96. The molecule has 118 valence electrons. The summed E-state index contributed by atoms with van der Waals surface area (Å²) in [6.07, 6.45) is 10.5. The van der Waals surface area contributed by atoms with Crippen molar-refractivity contribution in [3.05, 3.63) is 34.9 Å². The van der Waals surface area contributed by atoms with Crippen molar-refractivity contribution in [3.8, 4) is 0 Å². The number of hydrogen-bond acceptors (Lipinski definition) is 1. The van der Waals surface area contributed by atoms with Gasteiger partial charge in [0, 0.05) is 6.04 Å². The molecule has 0 radical (unpaired) electrons. The second-order valence-corrected chi connectivity index (χ2v) is 6.66. The maximum Gasteiger partial charge on any atom is 0.0136 e. The van der Waals surface area contributed by atoms with E-state index >= 15 is 0 Å². The monoisotopic (exact) mass is 287 g/mol. The Morgan fingerprint density at radius 1 is 1.00 bits per heavy atom. The molecule has 1 unspecified atom stereocenters. The quantitative estimate of drug-likeness (QED) is 0.680. The lowest BCUT2D eigenvalue weighted by Crippen LogP contribution is -2.38. The Kier molecular flexibility index (Phi) is 6.76. The van der Waals surface area contributed by atoms with Gasteiger partial charge >= 0.3 is 0 Å². The average Bonchev–Trinajstić information content (AvgIpc) is 2.94. The lowest BCUT2D eigenvalue weighted by atomic mass is 9.86. The zero-order valence-corrected chi connectivity index (χ0v) is 14.3. The Bertz CT molecular complexity index is 418. The van der Waals surface area contributed by atoms with Gasteiger partial charge in [0.25, 0.3) is 0 Å². The van der Waals surface area contributed by atoms with Crippen LogP contribution in [0.3, 0.4) is 0 Å². The molecule has 0 fully saturated rings. The summed E-state index contributed by atoms with van der Waals surface area (Å²) in [6, 6.07) is 7.90. The Morgan fingerprint density at radius 3 is 2.38 bits per heavy atom. The smallest absolute Gasteiger partial charge is 0.0136 e. The molecule has 0 heterocycles. The van der Waals surface area contributed by atoms with Crippen molar-refractivity contribution < 1.29 is 0 Å². The van der Waals surface area contributed by atoms with E-state index in [1.807, 2.05) is 0 Å². The minimum Gasteiger partial charge on any atom is -0.314 e. The van der Waals surface area contributed by atoms with Gasteiger partial charge in [-0.2, -0.15) is 0 Å². The molecule has 0 bridgehead atoms. The third-order valence-corrected chi connectivity index (χ3v) is 4.97. The molecule has 1 nitrogen and oxygen atoms in total. The topological polar surface area (TPSA) is 12.0 Å². The number of likely N-dealkylation sites (N-methyl/N-ethyl adjacent to an activating group) is 1. The van der Waals surface area contributed by atoms with Gasteiger partial charge < -0.3 is 5.32 Å². The van der Waals surface area contributed by atoms with Crippen LogP contribution in [0.5, 0.6) is 0 Å². The van der Waals surface area contributed by atoms with E-state index in [0.29, 0.717) is 6.04 Å². The highest BCUT2D eigenvalue weighted by Crippen LogP contribution is 2.25. The van der Waals surface area contributed by atoms with Crippen LogP contribution < -0.4 is 5.32 Å². The van der Waals surface area contributed by atoms with Crippen LogP contribution in [0.15, 0.2) is 18.2 Å². The first-order valence-electron chi connectivity index (χ1n) is 9.12. The molecule has 0 aliphatic heterocycles. The first-order valence-corrected chi connectivity index (χ1v) is 9.12. The van der Waals surface area contributed by atoms with Crippen LogP contribution in [-0.4, -0.2) is 12.6 Å². The zero-order valence-electron chi connectivity index (χ0n) is 14.3. The van der Waals surface area contributed by atoms with Crippen molar-refractivity contribution in [2.75, 3.05) is 6.54 Å². The Morgan fingerprint density at radius 2 is 1.71 bits per heavy atom. The van der Waals surface area contributed by atoms with Crippen LogP contribution in [-0.2, 0) is 19.3 Å². The second-order valence-electron chi connectivity index (χ2n) is 6.66. The summed E-state index contributed by atoms with van der Waals surface area (Å²) in [5.74, 6) is 0.827. The van der Waals surface area contributed by atoms with E-state index in [4.69, 9.17) is 0 Å². The van der Waals surface area contributed by atoms with E-state index in [9.17, 15) is 0 Å². The molecule has 21 heavy (non-hydrogen) atoms. The van der Waals surface area contributed by atoms with Crippen LogP contribution >= 0.6 is 0 Å². The standard InChI is InChI=1S/C20H33N/c1-4-8-18(9-5-2)20(21-6-3)15-16-12-13-17-10-7-11-19(17)14-16/h12-14,18,20-21H,4-11,15H2,1-3H3. The van der Waals surface area contributed by atoms with Crippen LogP contribution in [0.25, 0.3) is 0 Å². The van der Waals surface area contributed by atoms with E-state index in [1.165, 1.54) is 51.4 Å². The molecular formula is C20H33N. The summed E-state index contributed by atoms with van der Waals surface area (Å²) in [5, 5.41) is 3.77. The number of nitrogens with one attached hydrogen (secondary N) is 1. The van der Waals surface area contributed by atoms with E-state index in [-0.39, 0.29) is 0 Å². The minimum atomic E-state index is 0.648. The predicted octanol–water partition coefficient (Wildman–Crippen LogP) is 4.91. The van der Waals surface area contributed by atoms with Crippen molar-refractivity contribution in [2.24, 2.45) is 5.92 Å². The van der Waals surface area contributed by atoms with Crippen molar-refractivity contribution in [3.63, 3.8) is 0 Å². The van der Waals surface area contributed by atoms with Crippen LogP contribution in [0.1, 0.15) is 69.6 Å². The molecule has 1 aromatic carbocycles. The number of fused-ring (bicyclic) bond motifs is 1. The fourth-order valence-corrected chi connectivity index (χ4v) is 3.96. The molecule has 1 aliphatic rings. The first-order chi connectivity index (χ1) is 10.3. The summed E-state index contributed by atoms with van der Waals surface area (Å²) >= 11 is 0. The predicted molar refractivity (Wildman–Crippen MR) is 92.9 cm³/mol. The van der Waals surface area contributed by atoms with Gasteiger partial charge in [-0.25, -0.2) is 0 Å². The van der Waals surface area contributed by atoms with Gasteiger partial charge in [0.2, 0.25) is 0 Å². The molecule has 0 spiro atoms. The third-order valence-electron chi connectivity index (χ3n) is 4.97. The fourth-order valence-electron chi connectivity index (χ4n) is 3.96. The normalized spacial score (nSPS) is 15.4. The molecule has 0 amide bonds. The fraction of sp³-hybridized carbons (Fsp3) is 0.700. The molecule has 0 saturated carbocycles. The van der Waals surface area contributed by atoms with Gasteiger partial charge in [-0.1, -0.05) is 51.8 Å². The lowest BCUT2D eigenvalue weighted by molar-refractivity contribution is 0.312. The van der Waals surface area contributed by atoms with E-state index in [2.05, 4.69) is 44.3 Å². The Hall–Kier alpha value is -0.820. The van der Waals surface area contributed by atoms with E-state index in [0.717, 1.165) is 12.5 Å². The molecule has 0 aromatic heterocycles. The van der Waals surface area contributed by atoms with E-state index in [1.54, 1.807) is 16.7 Å². The van der Waals surface area contributed by atoms with Crippen molar-refractivity contribution in [2.45, 2.75) is 78.2 Å². The number of benzene rings is 1. The number of rotatable bonds is 9. The summed E-state index contributed by atoms with van der Waals surface area (Å²) < 4.78 is 0. The Balaban J connectivity index is 2.07. The SMILES string of the molecule is CCCC(CCC)C(Cc1ccc2c(c1)CCC2)NCC. The molecule has 1 atom stereocenters. The average molecular weight is 287 g/mol. The summed E-state index contributed by atoms with van der Waals surface area (Å²) in [4.78, 5) is 0. The van der Waals surface area contributed by atoms with Gasteiger partial charge in [0.05, 0.1) is 0 Å². The van der Waals surface area contributed by atoms with Gasteiger partial charge in [-0.15, -0.1) is 0 Å². The number of hydrogen-bond donors (Lipinski definition) is 1. The molecule has 0 saturated heterocycles. The first kappa shape index (κ1) is 16.5. The van der Waals surface area contributed by atoms with Crippen molar-refractivity contribution in [1.82, 2.24) is 5.32 Å². The molecule has 1 N–H and O–H groups in total. The highest BCUT2D eigenvalue weighted by molar-refractivity contribution is 5.35. The van der Waals surface area contributed by atoms with Crippen LogP contribution in [0, 0.1) is 5.92 Å². The molecule has 1 heteroatoms. The molecule has 2 rings (SSSR count). The third kappa shape index (κ3) is 4.57. The summed E-state index contributed by atoms with van der Waals surface area (Å²) in [5.41, 5.74) is 4.75. The molecule has 1 aliphatic carbocycles. The highest BCUT2D eigenvalue weighted by atomic mass is 14.9. The van der Waals surface area contributed by atoms with Crippen molar-refractivity contribution in [1.29, 1.82) is 0 Å². The maximum absolute atomic E-state index is 3.77. The van der Waals surface area contributed by atoms with Gasteiger partial charge in [-0.3, -0.25) is 0 Å². The van der Waals surface area contributed by atoms with E-state index < -0.39 is 0 Å². The lowest BCUT2D eigenvalue weighted by Gasteiger charge is -2.28. The molecule has 1 aromatic rings. The molecular weight excluding hydrogens is 254 g/mol. The van der Waals surface area contributed by atoms with Crippen molar-refractivity contribution >= 4 is 0 Å².